The number of halogens is 1. The van der Waals surface area contributed by atoms with Crippen LogP contribution in [-0.4, -0.2) is 28.2 Å². The van der Waals surface area contributed by atoms with Gasteiger partial charge in [0.05, 0.1) is 11.2 Å². The third kappa shape index (κ3) is 4.42. The normalized spacial score (nSPS) is 11.2. The zero-order valence-electron chi connectivity index (χ0n) is 11.4. The molecule has 0 radical (unpaired) electrons. The molecule has 0 aromatic carbocycles. The maximum atomic E-state index is 12.1. The number of Topliss-reactive ketones (excluding diaryl/α,β-unsaturated/α-hetero) is 1. The van der Waals surface area contributed by atoms with E-state index in [4.69, 9.17) is 11.6 Å². The van der Waals surface area contributed by atoms with E-state index in [-0.39, 0.29) is 5.78 Å². The molecule has 18 heavy (non-hydrogen) atoms. The van der Waals surface area contributed by atoms with Crippen molar-refractivity contribution < 1.29 is 4.79 Å². The lowest BCUT2D eigenvalue weighted by atomic mass is 10.1. The molecular weight excluding hydrogens is 250 g/mol. The zero-order valence-corrected chi connectivity index (χ0v) is 12.1. The van der Waals surface area contributed by atoms with Crippen LogP contribution >= 0.6 is 11.6 Å². The van der Waals surface area contributed by atoms with Gasteiger partial charge in [0, 0.05) is 19.0 Å². The first-order valence-electron chi connectivity index (χ1n) is 6.54. The van der Waals surface area contributed by atoms with Gasteiger partial charge in [-0.15, -0.1) is 0 Å². The maximum absolute atomic E-state index is 12.1. The molecule has 4 nitrogen and oxygen atoms in total. The molecule has 5 heteroatoms. The number of rotatable bonds is 8. The summed E-state index contributed by atoms with van der Waals surface area (Å²) in [6.07, 6.45) is 3.82. The lowest BCUT2D eigenvalue weighted by molar-refractivity contribution is 0.0969. The van der Waals surface area contributed by atoms with Gasteiger partial charge in [-0.3, -0.25) is 9.48 Å². The maximum Gasteiger partial charge on any atom is 0.182 e. The Hall–Kier alpha value is -0.870. The molecule has 0 spiro atoms. The molecule has 0 fully saturated rings. The molecule has 1 aromatic rings. The molecule has 0 amide bonds. The molecule has 1 heterocycles. The summed E-state index contributed by atoms with van der Waals surface area (Å²) >= 11 is 6.02. The summed E-state index contributed by atoms with van der Waals surface area (Å²) in [7, 11) is 0. The highest BCUT2D eigenvalue weighted by atomic mass is 35.5. The molecule has 1 N–H and O–H groups in total. The Balaban J connectivity index is 2.53. The van der Waals surface area contributed by atoms with Crippen LogP contribution in [0.1, 0.15) is 50.5 Å². The minimum atomic E-state index is 0.0801. The third-order valence-corrected chi connectivity index (χ3v) is 2.90. The highest BCUT2D eigenvalue weighted by Crippen LogP contribution is 2.17. The average Bonchev–Trinajstić information content (AvgIpc) is 2.66. The van der Waals surface area contributed by atoms with Crippen molar-refractivity contribution in [2.24, 2.45) is 0 Å². The number of nitrogens with one attached hydrogen (secondary N) is 1. The molecular formula is C13H22ClN3O. The van der Waals surface area contributed by atoms with E-state index in [1.807, 2.05) is 0 Å². The van der Waals surface area contributed by atoms with Crippen molar-refractivity contribution in [3.8, 4) is 0 Å². The van der Waals surface area contributed by atoms with Crippen LogP contribution in [-0.2, 0) is 6.54 Å². The van der Waals surface area contributed by atoms with Crippen LogP contribution in [0.5, 0.6) is 0 Å². The molecule has 0 aliphatic rings. The first-order valence-corrected chi connectivity index (χ1v) is 6.92. The van der Waals surface area contributed by atoms with Gasteiger partial charge in [-0.05, 0) is 19.4 Å². The van der Waals surface area contributed by atoms with Crippen LogP contribution in [0.4, 0.5) is 0 Å². The summed E-state index contributed by atoms with van der Waals surface area (Å²) < 4.78 is 1.71. The van der Waals surface area contributed by atoms with Crippen LogP contribution in [0.3, 0.4) is 0 Å². The standard InChI is InChI=1S/C13H22ClN3O/c1-4-8-17-13(11(14)9-16-17)12(18)6-5-7-15-10(2)3/h9-10,15H,4-8H2,1-3H3. The van der Waals surface area contributed by atoms with Crippen molar-refractivity contribution in [1.29, 1.82) is 0 Å². The van der Waals surface area contributed by atoms with E-state index in [2.05, 4.69) is 31.2 Å². The topological polar surface area (TPSA) is 46.9 Å². The van der Waals surface area contributed by atoms with Gasteiger partial charge in [0.15, 0.2) is 5.78 Å². The number of carbonyl (C=O) groups excluding carboxylic acids is 1. The predicted molar refractivity (Wildman–Crippen MR) is 74.2 cm³/mol. The van der Waals surface area contributed by atoms with Gasteiger partial charge in [0.2, 0.25) is 0 Å². The summed E-state index contributed by atoms with van der Waals surface area (Å²) in [6.45, 7) is 7.82. The minimum Gasteiger partial charge on any atom is -0.315 e. The lowest BCUT2D eigenvalue weighted by Gasteiger charge is -2.08. The fourth-order valence-corrected chi connectivity index (χ4v) is 2.03. The SMILES string of the molecule is CCCn1ncc(Cl)c1C(=O)CCCNC(C)C. The smallest absolute Gasteiger partial charge is 0.182 e. The molecule has 0 aliphatic carbocycles. The second kappa shape index (κ2) is 7.54. The Labute approximate surface area is 114 Å². The van der Waals surface area contributed by atoms with Crippen LogP contribution in [0.25, 0.3) is 0 Å². The van der Waals surface area contributed by atoms with Crippen molar-refractivity contribution >= 4 is 17.4 Å². The van der Waals surface area contributed by atoms with Crippen molar-refractivity contribution in [2.75, 3.05) is 6.54 Å². The van der Waals surface area contributed by atoms with E-state index in [1.54, 1.807) is 10.9 Å². The second-order valence-corrected chi connectivity index (χ2v) is 5.11. The highest BCUT2D eigenvalue weighted by Gasteiger charge is 2.16. The Morgan fingerprint density at radius 2 is 2.28 bits per heavy atom. The molecule has 0 atom stereocenters. The van der Waals surface area contributed by atoms with Crippen molar-refractivity contribution in [1.82, 2.24) is 15.1 Å². The third-order valence-electron chi connectivity index (χ3n) is 2.63. The Kier molecular flexibility index (Phi) is 6.36. The van der Waals surface area contributed by atoms with Crippen molar-refractivity contribution in [3.05, 3.63) is 16.9 Å². The minimum absolute atomic E-state index is 0.0801. The number of nitrogens with zero attached hydrogens (tertiary/aromatic N) is 2. The van der Waals surface area contributed by atoms with Gasteiger partial charge in [0.25, 0.3) is 0 Å². The molecule has 1 aromatic heterocycles. The van der Waals surface area contributed by atoms with E-state index in [0.717, 1.165) is 25.9 Å². The quantitative estimate of drug-likeness (QED) is 0.584. The van der Waals surface area contributed by atoms with Gasteiger partial charge >= 0.3 is 0 Å². The molecule has 0 saturated carbocycles. The van der Waals surface area contributed by atoms with E-state index in [9.17, 15) is 4.79 Å². The summed E-state index contributed by atoms with van der Waals surface area (Å²) in [4.78, 5) is 12.1. The van der Waals surface area contributed by atoms with E-state index < -0.39 is 0 Å². The number of hydrogen-bond acceptors (Lipinski definition) is 3. The van der Waals surface area contributed by atoms with Crippen LogP contribution < -0.4 is 5.32 Å². The fraction of sp³-hybridized carbons (Fsp3) is 0.692. The molecule has 0 aliphatic heterocycles. The highest BCUT2D eigenvalue weighted by molar-refractivity contribution is 6.33. The van der Waals surface area contributed by atoms with Crippen molar-refractivity contribution in [3.63, 3.8) is 0 Å². The monoisotopic (exact) mass is 271 g/mol. The number of hydrogen-bond donors (Lipinski definition) is 1. The van der Waals surface area contributed by atoms with E-state index in [1.165, 1.54) is 0 Å². The van der Waals surface area contributed by atoms with Gasteiger partial charge in [-0.2, -0.15) is 5.10 Å². The fourth-order valence-electron chi connectivity index (χ4n) is 1.78. The summed E-state index contributed by atoms with van der Waals surface area (Å²) in [5.41, 5.74) is 0.558. The number of ketones is 1. The Morgan fingerprint density at radius 3 is 2.89 bits per heavy atom. The number of aromatic nitrogens is 2. The Morgan fingerprint density at radius 1 is 1.56 bits per heavy atom. The first-order chi connectivity index (χ1) is 8.56. The van der Waals surface area contributed by atoms with Gasteiger partial charge in [-0.1, -0.05) is 32.4 Å². The molecule has 0 unspecified atom stereocenters. The predicted octanol–water partition coefficient (Wildman–Crippen LogP) is 2.91. The molecule has 102 valence electrons. The molecule has 1 rings (SSSR count). The van der Waals surface area contributed by atoms with E-state index >= 15 is 0 Å². The lowest BCUT2D eigenvalue weighted by Crippen LogP contribution is -2.24. The second-order valence-electron chi connectivity index (χ2n) is 4.70. The van der Waals surface area contributed by atoms with Crippen molar-refractivity contribution in [2.45, 2.75) is 52.6 Å². The Bertz CT molecular complexity index is 388. The largest absolute Gasteiger partial charge is 0.315 e. The van der Waals surface area contributed by atoms with Crippen LogP contribution in [0.15, 0.2) is 6.20 Å². The van der Waals surface area contributed by atoms with Gasteiger partial charge < -0.3 is 5.32 Å². The number of carbonyl (C=O) groups is 1. The molecule has 0 bridgehead atoms. The van der Waals surface area contributed by atoms with Crippen LogP contribution in [0.2, 0.25) is 5.02 Å². The van der Waals surface area contributed by atoms with E-state index in [0.29, 0.717) is 23.2 Å². The summed E-state index contributed by atoms with van der Waals surface area (Å²) in [5, 5.41) is 7.89. The zero-order chi connectivity index (χ0) is 13.5. The number of aryl methyl sites for hydroxylation is 1. The average molecular weight is 272 g/mol. The molecule has 0 saturated heterocycles. The van der Waals surface area contributed by atoms with Gasteiger partial charge in [0.1, 0.15) is 5.69 Å². The first kappa shape index (κ1) is 15.2. The summed E-state index contributed by atoms with van der Waals surface area (Å²) in [6, 6.07) is 0.453. The summed E-state index contributed by atoms with van der Waals surface area (Å²) in [5.74, 6) is 0.0801. The van der Waals surface area contributed by atoms with Crippen LogP contribution in [0, 0.1) is 0 Å². The van der Waals surface area contributed by atoms with Gasteiger partial charge in [-0.25, -0.2) is 0 Å².